The minimum absolute atomic E-state index is 0.201. The number of carbonyl (C=O) groups excluding carboxylic acids is 1. The van der Waals surface area contributed by atoms with Crippen LogP contribution in [0, 0.1) is 0 Å². The number of carbonyl (C=O) groups is 1. The summed E-state index contributed by atoms with van der Waals surface area (Å²) in [6.45, 7) is 4.38. The van der Waals surface area contributed by atoms with E-state index in [1.54, 1.807) is 28.4 Å². The van der Waals surface area contributed by atoms with Gasteiger partial charge < -0.3 is 4.90 Å². The van der Waals surface area contributed by atoms with E-state index < -0.39 is 0 Å². The molecule has 0 bridgehead atoms. The van der Waals surface area contributed by atoms with E-state index in [2.05, 4.69) is 22.6 Å². The number of hydrogen-bond acceptors (Lipinski definition) is 5. The fraction of sp³-hybridized carbons (Fsp3) is 0.600. The zero-order valence-corrected chi connectivity index (χ0v) is 13.6. The van der Waals surface area contributed by atoms with Crippen LogP contribution in [0.25, 0.3) is 0 Å². The van der Waals surface area contributed by atoms with Gasteiger partial charge in [0.2, 0.25) is 5.91 Å². The van der Waals surface area contributed by atoms with Crippen molar-refractivity contribution in [3.05, 3.63) is 28.5 Å². The quantitative estimate of drug-likeness (QED) is 0.846. The van der Waals surface area contributed by atoms with E-state index in [1.165, 1.54) is 5.01 Å². The highest BCUT2D eigenvalue weighted by atomic mass is 32.1. The molecule has 0 aromatic carbocycles. The molecule has 0 saturated carbocycles. The van der Waals surface area contributed by atoms with Crippen LogP contribution in [0.3, 0.4) is 0 Å². The first kappa shape index (κ1) is 15.1. The summed E-state index contributed by atoms with van der Waals surface area (Å²) in [7, 11) is 0. The average molecular weight is 319 g/mol. The summed E-state index contributed by atoms with van der Waals surface area (Å²) in [5.74, 6) is 0.599. The van der Waals surface area contributed by atoms with Gasteiger partial charge in [0.1, 0.15) is 0 Å². The van der Waals surface area contributed by atoms with Crippen LogP contribution in [0.4, 0.5) is 0 Å². The topological polar surface area (TPSA) is 63.9 Å². The van der Waals surface area contributed by atoms with Gasteiger partial charge in [-0.15, -0.1) is 16.4 Å². The second-order valence-corrected chi connectivity index (χ2v) is 6.52. The Labute approximate surface area is 134 Å². The molecule has 1 amide bonds. The van der Waals surface area contributed by atoms with E-state index in [0.717, 1.165) is 38.0 Å². The van der Waals surface area contributed by atoms with Crippen molar-refractivity contribution in [2.75, 3.05) is 13.1 Å². The third-order valence-corrected chi connectivity index (χ3v) is 5.14. The summed E-state index contributed by atoms with van der Waals surface area (Å²) in [5, 5.41) is 11.0. The maximum Gasteiger partial charge on any atom is 0.224 e. The average Bonchev–Trinajstić information content (AvgIpc) is 3.24. The Balaban J connectivity index is 1.56. The molecule has 2 aromatic rings. The van der Waals surface area contributed by atoms with Gasteiger partial charge in [-0.3, -0.25) is 9.48 Å². The third kappa shape index (κ3) is 3.52. The molecule has 0 radical (unpaired) electrons. The molecule has 1 saturated heterocycles. The highest BCUT2D eigenvalue weighted by Gasteiger charge is 2.26. The zero-order valence-electron chi connectivity index (χ0n) is 12.8. The van der Waals surface area contributed by atoms with Crippen LogP contribution in [0.15, 0.2) is 17.8 Å². The summed E-state index contributed by atoms with van der Waals surface area (Å²) in [6, 6.07) is 0. The fourth-order valence-electron chi connectivity index (χ4n) is 2.80. The van der Waals surface area contributed by atoms with Gasteiger partial charge in [0, 0.05) is 37.0 Å². The molecule has 1 atom stereocenters. The maximum atomic E-state index is 12.4. The number of nitrogens with zero attached hydrogens (tertiary/aromatic N) is 5. The van der Waals surface area contributed by atoms with Crippen LogP contribution in [-0.2, 0) is 17.8 Å². The Kier molecular flexibility index (Phi) is 4.82. The van der Waals surface area contributed by atoms with E-state index >= 15 is 0 Å². The number of aryl methyl sites for hydroxylation is 2. The van der Waals surface area contributed by atoms with Crippen LogP contribution in [0.5, 0.6) is 0 Å². The maximum absolute atomic E-state index is 12.4. The van der Waals surface area contributed by atoms with E-state index in [-0.39, 0.29) is 5.91 Å². The summed E-state index contributed by atoms with van der Waals surface area (Å²) in [6.07, 6.45) is 7.06. The van der Waals surface area contributed by atoms with Crippen molar-refractivity contribution in [2.24, 2.45) is 0 Å². The Morgan fingerprint density at radius 1 is 1.50 bits per heavy atom. The van der Waals surface area contributed by atoms with Crippen molar-refractivity contribution >= 4 is 17.2 Å². The van der Waals surface area contributed by atoms with Gasteiger partial charge in [0.25, 0.3) is 0 Å². The van der Waals surface area contributed by atoms with Crippen molar-refractivity contribution < 1.29 is 4.79 Å². The van der Waals surface area contributed by atoms with Gasteiger partial charge >= 0.3 is 0 Å². The van der Waals surface area contributed by atoms with Crippen LogP contribution >= 0.6 is 11.3 Å². The van der Waals surface area contributed by atoms with Crippen molar-refractivity contribution in [1.82, 2.24) is 24.9 Å². The molecule has 1 aliphatic rings. The highest BCUT2D eigenvalue weighted by molar-refractivity contribution is 7.09. The molecule has 1 unspecified atom stereocenters. The van der Waals surface area contributed by atoms with Gasteiger partial charge in [-0.2, -0.15) is 0 Å². The highest BCUT2D eigenvalue weighted by Crippen LogP contribution is 2.29. The number of rotatable bonds is 5. The summed E-state index contributed by atoms with van der Waals surface area (Å²) < 4.78 is 1.70. The van der Waals surface area contributed by atoms with Crippen molar-refractivity contribution in [3.8, 4) is 0 Å². The first-order chi connectivity index (χ1) is 10.8. The molecule has 3 rings (SSSR count). The number of thiazole rings is 1. The summed E-state index contributed by atoms with van der Waals surface area (Å²) >= 11 is 1.73. The molecule has 0 N–H and O–H groups in total. The van der Waals surface area contributed by atoms with Gasteiger partial charge in [-0.1, -0.05) is 12.1 Å². The molecule has 1 fully saturated rings. The Morgan fingerprint density at radius 2 is 2.41 bits per heavy atom. The largest absolute Gasteiger partial charge is 0.342 e. The van der Waals surface area contributed by atoms with Gasteiger partial charge in [-0.25, -0.2) is 4.98 Å². The van der Waals surface area contributed by atoms with E-state index in [0.29, 0.717) is 18.9 Å². The number of hydrogen-bond donors (Lipinski definition) is 0. The third-order valence-electron chi connectivity index (χ3n) is 4.08. The Bertz CT molecular complexity index is 609. The number of aromatic nitrogens is 4. The number of likely N-dealkylation sites (tertiary alicyclic amines) is 1. The summed E-state index contributed by atoms with van der Waals surface area (Å²) in [4.78, 5) is 19.1. The molecule has 22 heavy (non-hydrogen) atoms. The second-order valence-electron chi connectivity index (χ2n) is 5.63. The van der Waals surface area contributed by atoms with Crippen LogP contribution in [0.1, 0.15) is 42.8 Å². The summed E-state index contributed by atoms with van der Waals surface area (Å²) in [5.41, 5.74) is 1.16. The molecule has 6 nitrogen and oxygen atoms in total. The van der Waals surface area contributed by atoms with E-state index in [1.807, 2.05) is 4.90 Å². The molecule has 0 aliphatic carbocycles. The monoisotopic (exact) mass is 319 g/mol. The van der Waals surface area contributed by atoms with Crippen LogP contribution < -0.4 is 0 Å². The van der Waals surface area contributed by atoms with Crippen LogP contribution in [-0.4, -0.2) is 43.9 Å². The van der Waals surface area contributed by atoms with E-state index in [9.17, 15) is 4.79 Å². The van der Waals surface area contributed by atoms with E-state index in [4.69, 9.17) is 4.98 Å². The Morgan fingerprint density at radius 3 is 3.14 bits per heavy atom. The Hall–Kier alpha value is -1.76. The smallest absolute Gasteiger partial charge is 0.224 e. The molecule has 0 spiro atoms. The minimum atomic E-state index is 0.201. The van der Waals surface area contributed by atoms with Gasteiger partial charge in [-0.05, 0) is 19.3 Å². The fourth-order valence-corrected chi connectivity index (χ4v) is 3.83. The SMILES string of the molecule is CCc1csc(C2CCCN(C(=O)CCn3ccnn3)C2)n1. The lowest BCUT2D eigenvalue weighted by molar-refractivity contribution is -0.132. The predicted octanol–water partition coefficient (Wildman–Crippen LogP) is 2.09. The lowest BCUT2D eigenvalue weighted by Gasteiger charge is -2.32. The molecular formula is C15H21N5OS. The molecule has 1 aliphatic heterocycles. The number of amides is 1. The molecule has 118 valence electrons. The first-order valence-electron chi connectivity index (χ1n) is 7.82. The predicted molar refractivity (Wildman–Crippen MR) is 84.7 cm³/mol. The van der Waals surface area contributed by atoms with Crippen molar-refractivity contribution in [2.45, 2.75) is 45.1 Å². The molecule has 2 aromatic heterocycles. The van der Waals surface area contributed by atoms with Gasteiger partial charge in [0.05, 0.1) is 23.4 Å². The second kappa shape index (κ2) is 7.00. The van der Waals surface area contributed by atoms with Crippen molar-refractivity contribution in [1.29, 1.82) is 0 Å². The standard InChI is InChI=1S/C15H21N5OS/c1-2-13-11-22-15(17-13)12-4-3-7-19(10-12)14(21)5-8-20-9-6-16-18-20/h6,9,11-12H,2-5,7-8,10H2,1H3. The molecular weight excluding hydrogens is 298 g/mol. The van der Waals surface area contributed by atoms with Crippen LogP contribution in [0.2, 0.25) is 0 Å². The lowest BCUT2D eigenvalue weighted by atomic mass is 9.98. The zero-order chi connectivity index (χ0) is 15.4. The number of piperidine rings is 1. The van der Waals surface area contributed by atoms with Gasteiger partial charge in [0.15, 0.2) is 0 Å². The molecule has 7 heteroatoms. The normalized spacial score (nSPS) is 18.6. The minimum Gasteiger partial charge on any atom is -0.342 e. The van der Waals surface area contributed by atoms with Crippen molar-refractivity contribution in [3.63, 3.8) is 0 Å². The lowest BCUT2D eigenvalue weighted by Crippen LogP contribution is -2.39. The molecule has 3 heterocycles. The first-order valence-corrected chi connectivity index (χ1v) is 8.70.